The second kappa shape index (κ2) is 14.6. The van der Waals surface area contributed by atoms with Crippen LogP contribution in [0.1, 0.15) is 25.0 Å². The Kier molecular flexibility index (Phi) is 8.55. The zero-order valence-electron chi connectivity index (χ0n) is 35.2. The third-order valence-electron chi connectivity index (χ3n) is 13.2. The molecule has 63 heavy (non-hydrogen) atoms. The lowest BCUT2D eigenvalue weighted by molar-refractivity contribution is 0.660. The second-order valence-electron chi connectivity index (χ2n) is 17.3. The summed E-state index contributed by atoms with van der Waals surface area (Å²) in [4.78, 5) is 2.42. The Bertz CT molecular complexity index is 3510. The highest BCUT2D eigenvalue weighted by molar-refractivity contribution is 6.22. The Morgan fingerprint density at radius 1 is 0.333 bits per heavy atom. The van der Waals surface area contributed by atoms with Crippen molar-refractivity contribution in [3.63, 3.8) is 0 Å². The smallest absolute Gasteiger partial charge is 0.143 e. The molecule has 0 fully saturated rings. The molecule has 0 radical (unpaired) electrons. The maximum absolute atomic E-state index is 6.97. The summed E-state index contributed by atoms with van der Waals surface area (Å²) in [6, 6.07) is 81.5. The first-order valence-electron chi connectivity index (χ1n) is 21.8. The number of furan rings is 1. The molecule has 1 aromatic heterocycles. The summed E-state index contributed by atoms with van der Waals surface area (Å²) in [6.07, 6.45) is 0. The van der Waals surface area contributed by atoms with Gasteiger partial charge in [0.2, 0.25) is 0 Å². The Balaban J connectivity index is 1.06. The minimum Gasteiger partial charge on any atom is -0.455 e. The van der Waals surface area contributed by atoms with Gasteiger partial charge in [-0.2, -0.15) is 0 Å². The minimum atomic E-state index is -0.130. The van der Waals surface area contributed by atoms with Crippen LogP contribution in [0, 0.1) is 0 Å². The predicted octanol–water partition coefficient (Wildman–Crippen LogP) is 17.2. The lowest BCUT2D eigenvalue weighted by Crippen LogP contribution is -2.16. The van der Waals surface area contributed by atoms with Crippen molar-refractivity contribution >= 4 is 49.8 Å². The number of anilines is 3. The number of rotatable bonds is 7. The van der Waals surface area contributed by atoms with Crippen LogP contribution in [0.4, 0.5) is 17.1 Å². The lowest BCUT2D eigenvalue weighted by atomic mass is 9.82. The van der Waals surface area contributed by atoms with Crippen LogP contribution >= 0.6 is 0 Å². The molecular formula is C61H43NO. The van der Waals surface area contributed by atoms with Gasteiger partial charge in [-0.05, 0) is 127 Å². The van der Waals surface area contributed by atoms with Gasteiger partial charge in [0.15, 0.2) is 0 Å². The van der Waals surface area contributed by atoms with E-state index in [1.54, 1.807) is 0 Å². The zero-order chi connectivity index (χ0) is 42.1. The van der Waals surface area contributed by atoms with Gasteiger partial charge in [-0.25, -0.2) is 0 Å². The summed E-state index contributed by atoms with van der Waals surface area (Å²) in [5.41, 5.74) is 19.6. The molecule has 11 aromatic rings. The van der Waals surface area contributed by atoms with Crippen molar-refractivity contribution in [2.24, 2.45) is 0 Å². The van der Waals surface area contributed by atoms with E-state index in [0.717, 1.165) is 77.6 Å². The molecule has 12 rings (SSSR count). The standard InChI is InChI=1S/C61H43NO/c1-61(2)56-28-15-14-26-50(56)51-34-33-48(38-57(51)61)62(46-31-29-42(30-32-46)40-17-6-3-7-18-40)47-24-16-23-44(35-47)53-39-55-59-54(43-21-10-5-11-22-43)36-45(41-19-8-4-9-20-41)37-58(59)63-60(55)52-27-13-12-25-49(52)53/h3-39H,1-2H3. The van der Waals surface area contributed by atoms with E-state index in [2.05, 4.69) is 243 Å². The molecule has 0 atom stereocenters. The largest absolute Gasteiger partial charge is 0.455 e. The fourth-order valence-electron chi connectivity index (χ4n) is 10.1. The minimum absolute atomic E-state index is 0.130. The van der Waals surface area contributed by atoms with E-state index in [0.29, 0.717) is 0 Å². The maximum Gasteiger partial charge on any atom is 0.143 e. The Morgan fingerprint density at radius 3 is 1.65 bits per heavy atom. The van der Waals surface area contributed by atoms with E-state index in [9.17, 15) is 0 Å². The summed E-state index contributed by atoms with van der Waals surface area (Å²) in [7, 11) is 0. The highest BCUT2D eigenvalue weighted by atomic mass is 16.3. The van der Waals surface area contributed by atoms with E-state index in [1.807, 2.05) is 0 Å². The molecule has 0 N–H and O–H groups in total. The predicted molar refractivity (Wildman–Crippen MR) is 265 cm³/mol. The lowest BCUT2D eigenvalue weighted by Gasteiger charge is -2.28. The number of fused-ring (bicyclic) bond motifs is 8. The van der Waals surface area contributed by atoms with Crippen LogP contribution in [0.3, 0.4) is 0 Å². The maximum atomic E-state index is 6.97. The summed E-state index contributed by atoms with van der Waals surface area (Å²) in [5, 5.41) is 4.49. The van der Waals surface area contributed by atoms with Gasteiger partial charge in [0.25, 0.3) is 0 Å². The summed E-state index contributed by atoms with van der Waals surface area (Å²) in [6.45, 7) is 4.71. The summed E-state index contributed by atoms with van der Waals surface area (Å²) in [5.74, 6) is 0. The molecule has 0 bridgehead atoms. The van der Waals surface area contributed by atoms with Crippen LogP contribution in [0.2, 0.25) is 0 Å². The van der Waals surface area contributed by atoms with Crippen LogP contribution in [-0.2, 0) is 5.41 Å². The molecule has 0 saturated carbocycles. The van der Waals surface area contributed by atoms with Gasteiger partial charge in [0.1, 0.15) is 11.2 Å². The van der Waals surface area contributed by atoms with Gasteiger partial charge in [-0.15, -0.1) is 0 Å². The van der Waals surface area contributed by atoms with Gasteiger partial charge < -0.3 is 9.32 Å². The SMILES string of the molecule is CC1(C)c2ccccc2-c2ccc(N(c3ccc(-c4ccccc4)cc3)c3cccc(-c4cc5c(oc6cc(-c7ccccc7)cc(-c7ccccc7)c65)c5ccccc45)c3)cc21. The van der Waals surface area contributed by atoms with Crippen LogP contribution in [0.15, 0.2) is 229 Å². The molecule has 0 amide bonds. The molecule has 1 heterocycles. The molecular weight excluding hydrogens is 763 g/mol. The fraction of sp³-hybridized carbons (Fsp3) is 0.0492. The molecule has 2 nitrogen and oxygen atoms in total. The highest BCUT2D eigenvalue weighted by Crippen LogP contribution is 2.51. The molecule has 0 unspecified atom stereocenters. The van der Waals surface area contributed by atoms with Gasteiger partial charge >= 0.3 is 0 Å². The van der Waals surface area contributed by atoms with E-state index in [1.165, 1.54) is 38.9 Å². The molecule has 298 valence electrons. The summed E-state index contributed by atoms with van der Waals surface area (Å²) < 4.78 is 6.97. The van der Waals surface area contributed by atoms with Gasteiger partial charge in [0, 0.05) is 38.6 Å². The van der Waals surface area contributed by atoms with Crippen LogP contribution < -0.4 is 4.90 Å². The molecule has 0 saturated heterocycles. The van der Waals surface area contributed by atoms with Gasteiger partial charge in [-0.3, -0.25) is 0 Å². The third kappa shape index (κ3) is 6.09. The van der Waals surface area contributed by atoms with Crippen molar-refractivity contribution in [1.29, 1.82) is 0 Å². The normalized spacial score (nSPS) is 12.7. The Labute approximate surface area is 368 Å². The van der Waals surface area contributed by atoms with E-state index in [-0.39, 0.29) is 5.41 Å². The first-order valence-corrected chi connectivity index (χ1v) is 21.8. The molecule has 0 spiro atoms. The number of benzene rings is 10. The number of hydrogen-bond donors (Lipinski definition) is 0. The fourth-order valence-corrected chi connectivity index (χ4v) is 10.1. The topological polar surface area (TPSA) is 16.4 Å². The van der Waals surface area contributed by atoms with Crippen molar-refractivity contribution < 1.29 is 4.42 Å². The van der Waals surface area contributed by atoms with Crippen molar-refractivity contribution in [2.75, 3.05) is 4.90 Å². The first kappa shape index (κ1) is 36.9. The zero-order valence-corrected chi connectivity index (χ0v) is 35.2. The number of nitrogens with zero attached hydrogens (tertiary/aromatic N) is 1. The second-order valence-corrected chi connectivity index (χ2v) is 17.3. The summed E-state index contributed by atoms with van der Waals surface area (Å²) >= 11 is 0. The first-order chi connectivity index (χ1) is 31.0. The van der Waals surface area contributed by atoms with Crippen molar-refractivity contribution in [2.45, 2.75) is 19.3 Å². The van der Waals surface area contributed by atoms with Crippen molar-refractivity contribution in [3.8, 4) is 55.6 Å². The highest BCUT2D eigenvalue weighted by Gasteiger charge is 2.35. The Hall–Kier alpha value is -7.94. The molecule has 10 aromatic carbocycles. The molecule has 0 aliphatic heterocycles. The van der Waals surface area contributed by atoms with E-state index < -0.39 is 0 Å². The number of hydrogen-bond acceptors (Lipinski definition) is 2. The van der Waals surface area contributed by atoms with Crippen molar-refractivity contribution in [3.05, 3.63) is 236 Å². The van der Waals surface area contributed by atoms with Crippen LogP contribution in [0.25, 0.3) is 88.3 Å². The average molecular weight is 806 g/mol. The van der Waals surface area contributed by atoms with Crippen LogP contribution in [-0.4, -0.2) is 0 Å². The third-order valence-corrected chi connectivity index (χ3v) is 13.2. The van der Waals surface area contributed by atoms with Crippen molar-refractivity contribution in [1.82, 2.24) is 0 Å². The molecule has 1 aliphatic carbocycles. The van der Waals surface area contributed by atoms with E-state index >= 15 is 0 Å². The molecule has 2 heteroatoms. The monoisotopic (exact) mass is 805 g/mol. The van der Waals surface area contributed by atoms with Crippen LogP contribution in [0.5, 0.6) is 0 Å². The average Bonchev–Trinajstić information content (AvgIpc) is 3.84. The quantitative estimate of drug-likeness (QED) is 0.160. The van der Waals surface area contributed by atoms with E-state index in [4.69, 9.17) is 4.42 Å². The Morgan fingerprint density at radius 2 is 0.905 bits per heavy atom. The van der Waals surface area contributed by atoms with Gasteiger partial charge in [0.05, 0.1) is 0 Å². The van der Waals surface area contributed by atoms with Gasteiger partial charge in [-0.1, -0.05) is 184 Å². The molecule has 1 aliphatic rings.